The first-order valence-corrected chi connectivity index (χ1v) is 3.75. The molecule has 1 aromatic carbocycles. The van der Waals surface area contributed by atoms with Gasteiger partial charge in [0.15, 0.2) is 0 Å². The molecule has 1 aromatic rings. The molecule has 0 amide bonds. The van der Waals surface area contributed by atoms with Crippen molar-refractivity contribution in [2.75, 3.05) is 0 Å². The van der Waals surface area contributed by atoms with Crippen LogP contribution in [0.15, 0.2) is 18.2 Å². The molecule has 52 valence electrons. The van der Waals surface area contributed by atoms with Gasteiger partial charge in [-0.2, -0.15) is 0 Å². The van der Waals surface area contributed by atoms with Gasteiger partial charge in [-0.3, -0.25) is 4.79 Å². The van der Waals surface area contributed by atoms with Gasteiger partial charge in [0.1, 0.15) is 12.0 Å². The number of phenolic OH excluding ortho intramolecular Hbond substituents is 1. The molecule has 0 bridgehead atoms. The molecule has 2 nitrogen and oxygen atoms in total. The predicted octanol–water partition coefficient (Wildman–Crippen LogP) is 1.81. The minimum absolute atomic E-state index is 0.133. The Hall–Kier alpha value is -0.580. The molecule has 0 aliphatic heterocycles. The van der Waals surface area contributed by atoms with Crippen LogP contribution in [0.1, 0.15) is 10.4 Å². The van der Waals surface area contributed by atoms with E-state index >= 15 is 0 Å². The third kappa shape index (κ3) is 1.70. The molecule has 0 saturated carbocycles. The molecule has 1 N–H and O–H groups in total. The molecule has 0 spiro atoms. The van der Waals surface area contributed by atoms with Gasteiger partial charge in [-0.05, 0) is 40.8 Å². The quantitative estimate of drug-likeness (QED) is 0.607. The van der Waals surface area contributed by atoms with Crippen LogP contribution >= 0.6 is 22.6 Å². The molecule has 0 aromatic heterocycles. The Kier molecular flexibility index (Phi) is 2.26. The standard InChI is InChI=1S/C7H5IO2/c8-6-1-5(4-9)2-7(10)3-6/h1-4,10H. The van der Waals surface area contributed by atoms with Crippen molar-refractivity contribution >= 4 is 28.9 Å². The van der Waals surface area contributed by atoms with Crippen molar-refractivity contribution < 1.29 is 9.90 Å². The van der Waals surface area contributed by atoms with E-state index in [0.29, 0.717) is 11.8 Å². The zero-order chi connectivity index (χ0) is 7.56. The van der Waals surface area contributed by atoms with Gasteiger partial charge in [-0.25, -0.2) is 0 Å². The summed E-state index contributed by atoms with van der Waals surface area (Å²) >= 11 is 2.04. The molecule has 0 unspecified atom stereocenters. The average Bonchev–Trinajstić information content (AvgIpc) is 1.85. The Morgan fingerprint density at radius 3 is 2.60 bits per heavy atom. The lowest BCUT2D eigenvalue weighted by atomic mass is 10.2. The zero-order valence-electron chi connectivity index (χ0n) is 5.04. The third-order valence-corrected chi connectivity index (χ3v) is 1.66. The van der Waals surface area contributed by atoms with Crippen molar-refractivity contribution in [3.8, 4) is 5.75 Å². The lowest BCUT2D eigenvalue weighted by molar-refractivity contribution is 0.112. The first kappa shape index (κ1) is 7.53. The second-order valence-corrected chi connectivity index (χ2v) is 3.11. The highest BCUT2D eigenvalue weighted by molar-refractivity contribution is 14.1. The van der Waals surface area contributed by atoms with E-state index in [-0.39, 0.29) is 5.75 Å². The Morgan fingerprint density at radius 2 is 2.10 bits per heavy atom. The number of halogens is 1. The van der Waals surface area contributed by atoms with Crippen molar-refractivity contribution in [3.05, 3.63) is 27.3 Å². The lowest BCUT2D eigenvalue weighted by Crippen LogP contribution is -1.79. The summed E-state index contributed by atoms with van der Waals surface area (Å²) in [5.41, 5.74) is 0.504. The van der Waals surface area contributed by atoms with E-state index in [9.17, 15) is 4.79 Å². The van der Waals surface area contributed by atoms with Crippen LogP contribution in [-0.4, -0.2) is 11.4 Å². The molecular formula is C7H5IO2. The summed E-state index contributed by atoms with van der Waals surface area (Å²) < 4.78 is 0.861. The molecule has 0 aliphatic carbocycles. The minimum atomic E-state index is 0.133. The largest absolute Gasteiger partial charge is 0.508 e. The highest BCUT2D eigenvalue weighted by atomic mass is 127. The van der Waals surface area contributed by atoms with E-state index in [2.05, 4.69) is 0 Å². The van der Waals surface area contributed by atoms with Crippen LogP contribution in [0.3, 0.4) is 0 Å². The number of aromatic hydroxyl groups is 1. The molecular weight excluding hydrogens is 243 g/mol. The highest BCUT2D eigenvalue weighted by Crippen LogP contribution is 2.15. The summed E-state index contributed by atoms with van der Waals surface area (Å²) in [5, 5.41) is 8.96. The lowest BCUT2D eigenvalue weighted by Gasteiger charge is -1.94. The van der Waals surface area contributed by atoms with Crippen molar-refractivity contribution in [1.82, 2.24) is 0 Å². The number of hydrogen-bond donors (Lipinski definition) is 1. The van der Waals surface area contributed by atoms with Crippen molar-refractivity contribution in [2.45, 2.75) is 0 Å². The number of phenols is 1. The van der Waals surface area contributed by atoms with Gasteiger partial charge in [0.25, 0.3) is 0 Å². The fourth-order valence-corrected chi connectivity index (χ4v) is 1.34. The van der Waals surface area contributed by atoms with E-state index in [4.69, 9.17) is 5.11 Å². The molecule has 0 heterocycles. The van der Waals surface area contributed by atoms with Crippen LogP contribution < -0.4 is 0 Å². The molecule has 3 heteroatoms. The van der Waals surface area contributed by atoms with E-state index in [1.807, 2.05) is 22.6 Å². The zero-order valence-corrected chi connectivity index (χ0v) is 7.20. The molecule has 0 fully saturated rings. The van der Waals surface area contributed by atoms with E-state index in [1.54, 1.807) is 12.1 Å². The first-order chi connectivity index (χ1) is 4.72. The number of rotatable bonds is 1. The second-order valence-electron chi connectivity index (χ2n) is 1.86. The Balaban J connectivity index is 3.18. The summed E-state index contributed by atoms with van der Waals surface area (Å²) in [5.74, 6) is 0.133. The highest BCUT2D eigenvalue weighted by Gasteiger charge is 1.94. The topological polar surface area (TPSA) is 37.3 Å². The smallest absolute Gasteiger partial charge is 0.150 e. The van der Waals surface area contributed by atoms with E-state index < -0.39 is 0 Å². The van der Waals surface area contributed by atoms with Gasteiger partial charge >= 0.3 is 0 Å². The van der Waals surface area contributed by atoms with Gasteiger partial charge in [0, 0.05) is 9.13 Å². The van der Waals surface area contributed by atoms with Gasteiger partial charge in [0.2, 0.25) is 0 Å². The molecule has 1 rings (SSSR count). The average molecular weight is 248 g/mol. The predicted molar refractivity (Wildman–Crippen MR) is 46.2 cm³/mol. The van der Waals surface area contributed by atoms with Crippen LogP contribution in [0.4, 0.5) is 0 Å². The van der Waals surface area contributed by atoms with Gasteiger partial charge in [0.05, 0.1) is 0 Å². The number of carbonyl (C=O) groups excluding carboxylic acids is 1. The number of carbonyl (C=O) groups is 1. The molecule has 0 aliphatic rings. The Labute approximate surface area is 72.0 Å². The maximum atomic E-state index is 10.2. The molecule has 0 atom stereocenters. The van der Waals surface area contributed by atoms with Crippen LogP contribution in [0.5, 0.6) is 5.75 Å². The summed E-state index contributed by atoms with van der Waals surface area (Å²) in [4.78, 5) is 10.2. The number of benzene rings is 1. The maximum Gasteiger partial charge on any atom is 0.150 e. The fraction of sp³-hybridized carbons (Fsp3) is 0. The second kappa shape index (κ2) is 3.01. The van der Waals surface area contributed by atoms with Crippen molar-refractivity contribution in [1.29, 1.82) is 0 Å². The van der Waals surface area contributed by atoms with E-state index in [0.717, 1.165) is 3.57 Å². The normalized spacial score (nSPS) is 9.30. The maximum absolute atomic E-state index is 10.2. The number of aldehydes is 1. The number of hydrogen-bond acceptors (Lipinski definition) is 2. The summed E-state index contributed by atoms with van der Waals surface area (Å²) in [6, 6.07) is 4.72. The van der Waals surface area contributed by atoms with Crippen LogP contribution in [0.25, 0.3) is 0 Å². The van der Waals surface area contributed by atoms with Gasteiger partial charge in [-0.1, -0.05) is 0 Å². The minimum Gasteiger partial charge on any atom is -0.508 e. The SMILES string of the molecule is O=Cc1cc(O)cc(I)c1. The fourth-order valence-electron chi connectivity index (χ4n) is 0.664. The van der Waals surface area contributed by atoms with Crippen molar-refractivity contribution in [2.24, 2.45) is 0 Å². The Morgan fingerprint density at radius 1 is 1.40 bits per heavy atom. The summed E-state index contributed by atoms with van der Waals surface area (Å²) in [6.45, 7) is 0. The monoisotopic (exact) mass is 248 g/mol. The first-order valence-electron chi connectivity index (χ1n) is 2.67. The third-order valence-electron chi connectivity index (χ3n) is 1.04. The van der Waals surface area contributed by atoms with Gasteiger partial charge in [-0.15, -0.1) is 0 Å². The molecule has 10 heavy (non-hydrogen) atoms. The Bertz CT molecular complexity index is 238. The summed E-state index contributed by atoms with van der Waals surface area (Å²) in [6.07, 6.45) is 0.710. The van der Waals surface area contributed by atoms with Crippen LogP contribution in [-0.2, 0) is 0 Å². The van der Waals surface area contributed by atoms with Gasteiger partial charge < -0.3 is 5.11 Å². The van der Waals surface area contributed by atoms with E-state index in [1.165, 1.54) is 6.07 Å². The van der Waals surface area contributed by atoms with Crippen LogP contribution in [0.2, 0.25) is 0 Å². The molecule has 0 radical (unpaired) electrons. The van der Waals surface area contributed by atoms with Crippen molar-refractivity contribution in [3.63, 3.8) is 0 Å². The summed E-state index contributed by atoms with van der Waals surface area (Å²) in [7, 11) is 0. The van der Waals surface area contributed by atoms with Crippen LogP contribution in [0, 0.1) is 3.57 Å². The molecule has 0 saturated heterocycles.